The molecular weight excluding hydrogens is 360 g/mol. The van der Waals surface area contributed by atoms with E-state index in [0.717, 1.165) is 36.4 Å². The Hall–Kier alpha value is -2.20. The number of furan rings is 1. The van der Waals surface area contributed by atoms with Crippen LogP contribution in [0.15, 0.2) is 26.4 Å². The molecule has 0 saturated heterocycles. The number of carbonyl (C=O) groups excluding carboxylic acids is 1. The lowest BCUT2D eigenvalue weighted by atomic mass is 9.81. The van der Waals surface area contributed by atoms with Gasteiger partial charge in [-0.2, -0.15) is 4.98 Å². The highest BCUT2D eigenvalue weighted by Crippen LogP contribution is 2.36. The normalized spacial score (nSPS) is 17.4. The molecule has 1 saturated carbocycles. The van der Waals surface area contributed by atoms with Gasteiger partial charge in [-0.15, -0.1) is 0 Å². The molecule has 2 heterocycles. The van der Waals surface area contributed by atoms with E-state index in [2.05, 4.69) is 15.5 Å². The summed E-state index contributed by atoms with van der Waals surface area (Å²) in [7, 11) is -0.847. The van der Waals surface area contributed by atoms with Crippen LogP contribution in [0, 0.1) is 0 Å². The van der Waals surface area contributed by atoms with Gasteiger partial charge < -0.3 is 14.3 Å². The van der Waals surface area contributed by atoms with E-state index in [1.54, 1.807) is 0 Å². The zero-order valence-electron chi connectivity index (χ0n) is 15.0. The molecule has 0 bridgehead atoms. The number of amides is 1. The molecule has 0 spiro atoms. The molecule has 0 aliphatic heterocycles. The van der Waals surface area contributed by atoms with Crippen molar-refractivity contribution in [2.24, 2.45) is 0 Å². The molecule has 9 nitrogen and oxygen atoms in total. The molecule has 0 aromatic carbocycles. The van der Waals surface area contributed by atoms with Crippen molar-refractivity contribution in [1.82, 2.24) is 19.8 Å². The van der Waals surface area contributed by atoms with Crippen molar-refractivity contribution >= 4 is 15.9 Å². The van der Waals surface area contributed by atoms with Gasteiger partial charge in [-0.25, -0.2) is 12.7 Å². The highest BCUT2D eigenvalue weighted by atomic mass is 32.2. The van der Waals surface area contributed by atoms with E-state index in [9.17, 15) is 13.2 Å². The first-order valence-electron chi connectivity index (χ1n) is 8.39. The van der Waals surface area contributed by atoms with Crippen LogP contribution in [0.3, 0.4) is 0 Å². The second kappa shape index (κ2) is 6.84. The maximum Gasteiger partial charge on any atom is 0.275 e. The van der Waals surface area contributed by atoms with Gasteiger partial charge >= 0.3 is 0 Å². The van der Waals surface area contributed by atoms with Gasteiger partial charge in [0.25, 0.3) is 15.9 Å². The Morgan fingerprint density at radius 3 is 2.58 bits per heavy atom. The molecule has 0 radical (unpaired) electrons. The molecule has 1 aliphatic rings. The molecule has 26 heavy (non-hydrogen) atoms. The smallest absolute Gasteiger partial charge is 0.275 e. The lowest BCUT2D eigenvalue weighted by molar-refractivity contribution is -0.121. The fourth-order valence-electron chi connectivity index (χ4n) is 3.18. The summed E-state index contributed by atoms with van der Waals surface area (Å²) in [6.45, 7) is 1.46. The number of nitrogens with zero attached hydrogens (tertiary/aromatic N) is 3. The zero-order chi connectivity index (χ0) is 18.9. The monoisotopic (exact) mass is 382 g/mol. The van der Waals surface area contributed by atoms with E-state index in [1.807, 2.05) is 0 Å². The number of hydrogen-bond donors (Lipinski definition) is 1. The van der Waals surface area contributed by atoms with Crippen LogP contribution in [0.4, 0.5) is 0 Å². The summed E-state index contributed by atoms with van der Waals surface area (Å²) in [6, 6.07) is 1.35. The number of carbonyl (C=O) groups is 1. The summed E-state index contributed by atoms with van der Waals surface area (Å²) in [5.41, 5.74) is -0.272. The molecule has 1 fully saturated rings. The SMILES string of the molecule is CC(=O)NC1(c2noc(-c3coc(S(=O)(=O)N(C)C)c3)n2)CCCCC1. The van der Waals surface area contributed by atoms with Crippen LogP contribution in [0.25, 0.3) is 11.5 Å². The molecular formula is C16H22N4O5S. The maximum absolute atomic E-state index is 12.1. The third-order valence-electron chi connectivity index (χ3n) is 4.53. The van der Waals surface area contributed by atoms with E-state index in [4.69, 9.17) is 8.94 Å². The second-order valence-electron chi connectivity index (χ2n) is 6.69. The summed E-state index contributed by atoms with van der Waals surface area (Å²) in [4.78, 5) is 16.1. The minimum Gasteiger partial charge on any atom is -0.451 e. The van der Waals surface area contributed by atoms with Gasteiger partial charge in [0.05, 0.1) is 5.56 Å². The number of rotatable bonds is 5. The van der Waals surface area contributed by atoms with Gasteiger partial charge in [0.1, 0.15) is 11.8 Å². The van der Waals surface area contributed by atoms with Gasteiger partial charge in [-0.1, -0.05) is 24.4 Å². The van der Waals surface area contributed by atoms with Crippen molar-refractivity contribution in [3.63, 3.8) is 0 Å². The number of nitrogens with one attached hydrogen (secondary N) is 1. The van der Waals surface area contributed by atoms with Crippen molar-refractivity contribution in [3.8, 4) is 11.5 Å². The number of hydrogen-bond acceptors (Lipinski definition) is 7. The summed E-state index contributed by atoms with van der Waals surface area (Å²) in [6.07, 6.45) is 5.75. The van der Waals surface area contributed by atoms with Crippen molar-refractivity contribution in [2.45, 2.75) is 49.7 Å². The van der Waals surface area contributed by atoms with Crippen molar-refractivity contribution in [1.29, 1.82) is 0 Å². The Morgan fingerprint density at radius 1 is 1.27 bits per heavy atom. The number of aromatic nitrogens is 2. The molecule has 3 rings (SSSR count). The predicted molar refractivity (Wildman–Crippen MR) is 91.5 cm³/mol. The third kappa shape index (κ3) is 3.38. The second-order valence-corrected chi connectivity index (χ2v) is 8.77. The van der Waals surface area contributed by atoms with Crippen LogP contribution in [-0.2, 0) is 20.4 Å². The molecule has 1 amide bonds. The molecule has 1 N–H and O–H groups in total. The molecule has 0 unspecified atom stereocenters. The molecule has 2 aromatic rings. The van der Waals surface area contributed by atoms with Crippen LogP contribution in [-0.4, -0.2) is 42.9 Å². The van der Waals surface area contributed by atoms with Gasteiger partial charge in [-0.3, -0.25) is 4.79 Å². The van der Waals surface area contributed by atoms with E-state index in [-0.39, 0.29) is 16.9 Å². The Morgan fingerprint density at radius 2 is 1.96 bits per heavy atom. The molecule has 142 valence electrons. The van der Waals surface area contributed by atoms with Crippen molar-refractivity contribution < 1.29 is 22.2 Å². The maximum atomic E-state index is 12.1. The fourth-order valence-corrected chi connectivity index (χ4v) is 3.98. The lowest BCUT2D eigenvalue weighted by Gasteiger charge is -2.34. The van der Waals surface area contributed by atoms with Crippen LogP contribution in [0.2, 0.25) is 0 Å². The van der Waals surface area contributed by atoms with E-state index < -0.39 is 15.6 Å². The first-order valence-corrected chi connectivity index (χ1v) is 9.83. The van der Waals surface area contributed by atoms with Gasteiger partial charge in [0, 0.05) is 27.1 Å². The van der Waals surface area contributed by atoms with Gasteiger partial charge in [0.2, 0.25) is 11.0 Å². The van der Waals surface area contributed by atoms with Crippen molar-refractivity contribution in [2.75, 3.05) is 14.1 Å². The quantitative estimate of drug-likeness (QED) is 0.838. The van der Waals surface area contributed by atoms with E-state index >= 15 is 0 Å². The molecule has 0 atom stereocenters. The Labute approximate surface area is 151 Å². The van der Waals surface area contributed by atoms with Crippen molar-refractivity contribution in [3.05, 3.63) is 18.2 Å². The Kier molecular flexibility index (Phi) is 4.89. The first kappa shape index (κ1) is 18.6. The molecule has 2 aromatic heterocycles. The summed E-state index contributed by atoms with van der Waals surface area (Å²) >= 11 is 0. The minimum absolute atomic E-state index is 0.152. The standard InChI is InChI=1S/C16H22N4O5S/c1-11(21)18-16(7-5-4-6-8-16)15-17-14(25-19-15)12-9-13(24-10-12)26(22,23)20(2)3/h9-10H,4-8H2,1-3H3,(H,18,21). The number of sulfonamides is 1. The highest BCUT2D eigenvalue weighted by Gasteiger charge is 2.39. The topological polar surface area (TPSA) is 119 Å². The largest absolute Gasteiger partial charge is 0.451 e. The third-order valence-corrected chi connectivity index (χ3v) is 6.22. The lowest BCUT2D eigenvalue weighted by Crippen LogP contribution is -2.47. The molecule has 1 aliphatic carbocycles. The van der Waals surface area contributed by atoms with Gasteiger partial charge in [0.15, 0.2) is 5.82 Å². The zero-order valence-corrected chi connectivity index (χ0v) is 15.8. The average Bonchev–Trinajstić information content (AvgIpc) is 3.24. The first-order chi connectivity index (χ1) is 12.2. The van der Waals surface area contributed by atoms with E-state index in [1.165, 1.54) is 33.3 Å². The average molecular weight is 382 g/mol. The Bertz CT molecular complexity index is 893. The van der Waals surface area contributed by atoms with Gasteiger partial charge in [-0.05, 0) is 12.8 Å². The van der Waals surface area contributed by atoms with Crippen LogP contribution in [0.1, 0.15) is 44.9 Å². The Balaban J connectivity index is 1.92. The molecule has 10 heteroatoms. The summed E-state index contributed by atoms with van der Waals surface area (Å²) in [5.74, 6) is 0.404. The summed E-state index contributed by atoms with van der Waals surface area (Å²) in [5, 5.41) is 6.81. The van der Waals surface area contributed by atoms with Crippen LogP contribution >= 0.6 is 0 Å². The van der Waals surface area contributed by atoms with Crippen LogP contribution in [0.5, 0.6) is 0 Å². The predicted octanol–water partition coefficient (Wildman–Crippen LogP) is 1.88. The van der Waals surface area contributed by atoms with E-state index in [0.29, 0.717) is 11.4 Å². The minimum atomic E-state index is -3.69. The highest BCUT2D eigenvalue weighted by molar-refractivity contribution is 7.88. The van der Waals surface area contributed by atoms with Crippen LogP contribution < -0.4 is 5.32 Å². The summed E-state index contributed by atoms with van der Waals surface area (Å²) < 4.78 is 35.8. The fraction of sp³-hybridized carbons (Fsp3) is 0.562.